The van der Waals surface area contributed by atoms with Crippen molar-refractivity contribution in [1.82, 2.24) is 20.3 Å². The van der Waals surface area contributed by atoms with Crippen molar-refractivity contribution in [2.45, 2.75) is 31.7 Å². The Balaban J connectivity index is 1.28. The first-order chi connectivity index (χ1) is 18.7. The van der Waals surface area contributed by atoms with Crippen LogP contribution in [0.3, 0.4) is 0 Å². The Bertz CT molecular complexity index is 1500. The monoisotopic (exact) mass is 531 g/mol. The van der Waals surface area contributed by atoms with E-state index in [4.69, 9.17) is 16.6 Å². The molecule has 0 aliphatic carbocycles. The van der Waals surface area contributed by atoms with E-state index in [1.807, 2.05) is 18.3 Å². The number of carboxylic acid groups (broad SMARTS) is 2. The zero-order valence-electron chi connectivity index (χ0n) is 21.0. The molecule has 1 atom stereocenters. The van der Waals surface area contributed by atoms with Gasteiger partial charge in [-0.3, -0.25) is 4.79 Å². The zero-order chi connectivity index (χ0) is 27.9. The molecule has 0 aliphatic rings. The number of carbonyl (C=O) groups is 3. The van der Waals surface area contributed by atoms with Gasteiger partial charge in [0.1, 0.15) is 17.5 Å². The second-order valence-electron chi connectivity index (χ2n) is 9.02. The number of benzene rings is 2. The van der Waals surface area contributed by atoms with Crippen LogP contribution in [0.4, 0.5) is 17.5 Å². The normalized spacial score (nSPS) is 11.7. The van der Waals surface area contributed by atoms with Crippen LogP contribution in [0.1, 0.15) is 44.7 Å². The van der Waals surface area contributed by atoms with E-state index in [1.165, 1.54) is 12.1 Å². The van der Waals surface area contributed by atoms with E-state index in [-0.39, 0.29) is 17.9 Å². The Morgan fingerprint density at radius 1 is 0.974 bits per heavy atom. The number of nitrogens with one attached hydrogen (secondary N) is 3. The highest BCUT2D eigenvalue weighted by atomic mass is 16.4. The summed E-state index contributed by atoms with van der Waals surface area (Å²) in [4.78, 5) is 46.7. The summed E-state index contributed by atoms with van der Waals surface area (Å²) in [7, 11) is 0. The van der Waals surface area contributed by atoms with Crippen LogP contribution in [0.25, 0.3) is 11.0 Å². The number of nitrogens with zero attached hydrogens (tertiary/aromatic N) is 2. The minimum atomic E-state index is -1.13. The standard InChI is InChI=1S/C27H29N7O5/c28-22-21-18(14-31-23(21)34-27(29)33-22)11-8-15-6-9-16(10-7-15)24(35)32-20(26(38)39)5-2-12-30-19-4-1-3-17(13-19)25(36)37/h1,3-4,6-7,9-10,13-14,20,30H,2,5,8,11-12H2,(H,32,35)(H,36,37)(H,38,39)(H5,28,29,31,33,34)/t20-/m0/s1. The van der Waals surface area contributed by atoms with E-state index in [0.717, 1.165) is 16.5 Å². The van der Waals surface area contributed by atoms with Gasteiger partial charge >= 0.3 is 11.9 Å². The highest BCUT2D eigenvalue weighted by Gasteiger charge is 2.20. The lowest BCUT2D eigenvalue weighted by Gasteiger charge is -2.15. The fourth-order valence-electron chi connectivity index (χ4n) is 4.24. The summed E-state index contributed by atoms with van der Waals surface area (Å²) in [6, 6.07) is 12.3. The van der Waals surface area contributed by atoms with Crippen LogP contribution < -0.4 is 22.1 Å². The molecule has 0 radical (unpaired) electrons. The molecule has 0 saturated heterocycles. The summed E-state index contributed by atoms with van der Waals surface area (Å²) in [6.45, 7) is 0.416. The van der Waals surface area contributed by atoms with Crippen molar-refractivity contribution >= 4 is 46.3 Å². The summed E-state index contributed by atoms with van der Waals surface area (Å²) in [5.41, 5.74) is 15.3. The third-order valence-corrected chi connectivity index (χ3v) is 6.27. The molecule has 2 aromatic carbocycles. The van der Waals surface area contributed by atoms with Gasteiger partial charge in [0.25, 0.3) is 5.91 Å². The SMILES string of the molecule is Nc1nc(N)c2c(CCc3ccc(C(=O)N[C@@H](CCCNc4cccc(C(=O)O)c4)C(=O)O)cc3)c[nH]c2n1. The lowest BCUT2D eigenvalue weighted by molar-refractivity contribution is -0.139. The van der Waals surface area contributed by atoms with E-state index in [1.54, 1.807) is 24.3 Å². The number of anilines is 3. The van der Waals surface area contributed by atoms with E-state index < -0.39 is 23.9 Å². The number of aryl methyl sites for hydroxylation is 2. The average Bonchev–Trinajstić information content (AvgIpc) is 3.32. The number of amides is 1. The maximum absolute atomic E-state index is 12.7. The van der Waals surface area contributed by atoms with Gasteiger partial charge in [-0.2, -0.15) is 9.97 Å². The van der Waals surface area contributed by atoms with E-state index >= 15 is 0 Å². The number of carboxylic acids is 2. The molecule has 9 N–H and O–H groups in total. The number of fused-ring (bicyclic) bond motifs is 1. The van der Waals surface area contributed by atoms with Crippen LogP contribution in [0.15, 0.2) is 54.7 Å². The van der Waals surface area contributed by atoms with E-state index in [9.17, 15) is 19.5 Å². The number of nitrogens with two attached hydrogens (primary N) is 2. The number of hydrogen-bond donors (Lipinski definition) is 7. The molecule has 39 heavy (non-hydrogen) atoms. The zero-order valence-corrected chi connectivity index (χ0v) is 21.0. The Morgan fingerprint density at radius 3 is 2.46 bits per heavy atom. The molecule has 4 rings (SSSR count). The van der Waals surface area contributed by atoms with Gasteiger partial charge < -0.3 is 37.3 Å². The van der Waals surface area contributed by atoms with Crippen molar-refractivity contribution in [3.05, 3.63) is 77.0 Å². The highest BCUT2D eigenvalue weighted by Crippen LogP contribution is 2.24. The van der Waals surface area contributed by atoms with Crippen LogP contribution in [0.5, 0.6) is 0 Å². The number of aromatic amines is 1. The van der Waals surface area contributed by atoms with Gasteiger partial charge in [-0.25, -0.2) is 9.59 Å². The summed E-state index contributed by atoms with van der Waals surface area (Å²) < 4.78 is 0. The first-order valence-electron chi connectivity index (χ1n) is 12.3. The third kappa shape index (κ3) is 6.80. The lowest BCUT2D eigenvalue weighted by Crippen LogP contribution is -2.41. The number of aromatic nitrogens is 3. The fourth-order valence-corrected chi connectivity index (χ4v) is 4.24. The van der Waals surface area contributed by atoms with Crippen molar-refractivity contribution in [1.29, 1.82) is 0 Å². The van der Waals surface area contributed by atoms with Crippen molar-refractivity contribution in [2.24, 2.45) is 0 Å². The molecule has 4 aromatic rings. The fraction of sp³-hybridized carbons (Fsp3) is 0.222. The molecule has 0 spiro atoms. The second-order valence-corrected chi connectivity index (χ2v) is 9.02. The smallest absolute Gasteiger partial charge is 0.335 e. The summed E-state index contributed by atoms with van der Waals surface area (Å²) >= 11 is 0. The Morgan fingerprint density at radius 2 is 1.74 bits per heavy atom. The second kappa shape index (κ2) is 11.9. The van der Waals surface area contributed by atoms with Crippen molar-refractivity contribution < 1.29 is 24.6 Å². The molecular formula is C27H29N7O5. The highest BCUT2D eigenvalue weighted by molar-refractivity contribution is 5.96. The van der Waals surface area contributed by atoms with Crippen LogP contribution in [0.2, 0.25) is 0 Å². The summed E-state index contributed by atoms with van der Waals surface area (Å²) in [5, 5.41) is 25.0. The van der Waals surface area contributed by atoms with Crippen LogP contribution in [0, 0.1) is 0 Å². The predicted molar refractivity (Wildman–Crippen MR) is 147 cm³/mol. The largest absolute Gasteiger partial charge is 0.480 e. The molecule has 0 bridgehead atoms. The van der Waals surface area contributed by atoms with Crippen LogP contribution >= 0.6 is 0 Å². The van der Waals surface area contributed by atoms with Crippen molar-refractivity contribution in [3.8, 4) is 0 Å². The third-order valence-electron chi connectivity index (χ3n) is 6.27. The molecule has 12 heteroatoms. The number of aliphatic carboxylic acids is 1. The maximum atomic E-state index is 12.7. The number of carbonyl (C=O) groups excluding carboxylic acids is 1. The summed E-state index contributed by atoms with van der Waals surface area (Å²) in [5.74, 6) is -2.21. The first kappa shape index (κ1) is 26.9. The lowest BCUT2D eigenvalue weighted by atomic mass is 10.0. The van der Waals surface area contributed by atoms with Gasteiger partial charge in [0, 0.05) is 24.0 Å². The first-order valence-corrected chi connectivity index (χ1v) is 12.3. The van der Waals surface area contributed by atoms with Gasteiger partial charge in [-0.15, -0.1) is 0 Å². The van der Waals surface area contributed by atoms with Gasteiger partial charge in [0.2, 0.25) is 5.95 Å². The number of hydrogen-bond acceptors (Lipinski definition) is 8. The Kier molecular flexibility index (Phi) is 8.24. The predicted octanol–water partition coefficient (Wildman–Crippen LogP) is 2.68. The molecule has 0 aliphatic heterocycles. The maximum Gasteiger partial charge on any atom is 0.335 e. The minimum Gasteiger partial charge on any atom is -0.480 e. The average molecular weight is 532 g/mol. The Hall–Kier alpha value is -5.13. The molecule has 0 unspecified atom stereocenters. The van der Waals surface area contributed by atoms with E-state index in [2.05, 4.69) is 25.6 Å². The molecular weight excluding hydrogens is 502 g/mol. The molecule has 0 saturated carbocycles. The molecule has 2 heterocycles. The molecule has 2 aromatic heterocycles. The van der Waals surface area contributed by atoms with E-state index in [0.29, 0.717) is 48.5 Å². The number of nitrogen functional groups attached to an aromatic ring is 2. The molecule has 0 fully saturated rings. The number of rotatable bonds is 12. The van der Waals surface area contributed by atoms with Crippen LogP contribution in [-0.2, 0) is 17.6 Å². The molecule has 1 amide bonds. The van der Waals surface area contributed by atoms with Gasteiger partial charge in [0.05, 0.1) is 10.9 Å². The van der Waals surface area contributed by atoms with Crippen LogP contribution in [-0.4, -0.2) is 55.6 Å². The van der Waals surface area contributed by atoms with Crippen molar-refractivity contribution in [2.75, 3.05) is 23.3 Å². The molecule has 12 nitrogen and oxygen atoms in total. The van der Waals surface area contributed by atoms with Gasteiger partial charge in [-0.05, 0) is 67.1 Å². The minimum absolute atomic E-state index is 0.104. The molecule has 202 valence electrons. The van der Waals surface area contributed by atoms with Crippen molar-refractivity contribution in [3.63, 3.8) is 0 Å². The summed E-state index contributed by atoms with van der Waals surface area (Å²) in [6.07, 6.45) is 3.82. The Labute approximate surface area is 223 Å². The number of H-pyrrole nitrogens is 1. The number of aromatic carboxylic acids is 1. The van der Waals surface area contributed by atoms with Gasteiger partial charge in [0.15, 0.2) is 0 Å². The topological polar surface area (TPSA) is 209 Å². The van der Waals surface area contributed by atoms with Gasteiger partial charge in [-0.1, -0.05) is 18.2 Å². The quantitative estimate of drug-likeness (QED) is 0.133.